The highest BCUT2D eigenvalue weighted by atomic mass is 16.6. The molecule has 0 radical (unpaired) electrons. The number of ether oxygens (including phenoxy) is 2. The minimum Gasteiger partial charge on any atom is -0.490 e. The van der Waals surface area contributed by atoms with Gasteiger partial charge in [-0.2, -0.15) is 0 Å². The summed E-state index contributed by atoms with van der Waals surface area (Å²) in [7, 11) is -0.383. The molecule has 1 aromatic rings. The third-order valence-corrected chi connectivity index (χ3v) is 5.09. The van der Waals surface area contributed by atoms with E-state index in [9.17, 15) is 4.79 Å². The van der Waals surface area contributed by atoms with Crippen LogP contribution < -0.4 is 10.2 Å². The fourth-order valence-electron chi connectivity index (χ4n) is 3.87. The second-order valence-corrected chi connectivity index (χ2v) is 9.72. The lowest BCUT2D eigenvalue weighted by Crippen LogP contribution is -2.51. The SMILES string of the molecule is CC1CC(C)(C)OB(c2cccc(OC3CCN(C(=O)OC(C)(C)C)CC3)c2)O1. The summed E-state index contributed by atoms with van der Waals surface area (Å²) in [4.78, 5) is 14.0. The highest BCUT2D eigenvalue weighted by molar-refractivity contribution is 6.61. The zero-order valence-corrected chi connectivity index (χ0v) is 18.6. The fourth-order valence-corrected chi connectivity index (χ4v) is 3.87. The van der Waals surface area contributed by atoms with E-state index in [0.29, 0.717) is 13.1 Å². The first-order valence-corrected chi connectivity index (χ1v) is 10.6. The Morgan fingerprint density at radius 3 is 2.55 bits per heavy atom. The molecule has 1 amide bonds. The van der Waals surface area contributed by atoms with Gasteiger partial charge in [0, 0.05) is 32.0 Å². The monoisotopic (exact) mass is 403 g/mol. The summed E-state index contributed by atoms with van der Waals surface area (Å²) in [6.45, 7) is 13.2. The molecule has 2 aliphatic rings. The van der Waals surface area contributed by atoms with Gasteiger partial charge in [-0.05, 0) is 65.6 Å². The summed E-state index contributed by atoms with van der Waals surface area (Å²) in [6.07, 6.45) is 2.41. The van der Waals surface area contributed by atoms with E-state index in [1.807, 2.05) is 45.0 Å². The molecule has 2 heterocycles. The number of carbonyl (C=O) groups excluding carboxylic acids is 1. The van der Waals surface area contributed by atoms with Crippen molar-refractivity contribution in [3.63, 3.8) is 0 Å². The summed E-state index contributed by atoms with van der Waals surface area (Å²) in [5.41, 5.74) is 0.279. The zero-order chi connectivity index (χ0) is 21.2. The van der Waals surface area contributed by atoms with Crippen molar-refractivity contribution in [2.75, 3.05) is 13.1 Å². The smallest absolute Gasteiger partial charge is 0.490 e. The lowest BCUT2D eigenvalue weighted by Gasteiger charge is -2.38. The molecule has 6 nitrogen and oxygen atoms in total. The predicted octanol–water partition coefficient (Wildman–Crippen LogP) is 3.76. The van der Waals surface area contributed by atoms with Gasteiger partial charge in [0.2, 0.25) is 0 Å². The molecule has 1 atom stereocenters. The maximum atomic E-state index is 12.2. The molecule has 1 aromatic carbocycles. The lowest BCUT2D eigenvalue weighted by atomic mass is 9.75. The van der Waals surface area contributed by atoms with Crippen molar-refractivity contribution in [2.24, 2.45) is 0 Å². The number of likely N-dealkylation sites (tertiary alicyclic amines) is 1. The van der Waals surface area contributed by atoms with Gasteiger partial charge in [0.05, 0.1) is 5.60 Å². The summed E-state index contributed by atoms with van der Waals surface area (Å²) in [6, 6.07) is 7.94. The molecule has 0 bridgehead atoms. The van der Waals surface area contributed by atoms with Gasteiger partial charge in [0.1, 0.15) is 17.5 Å². The fraction of sp³-hybridized carbons (Fsp3) is 0.682. The minimum atomic E-state index is -0.472. The van der Waals surface area contributed by atoms with Gasteiger partial charge in [-0.25, -0.2) is 4.79 Å². The molecule has 3 rings (SSSR count). The number of piperidine rings is 1. The van der Waals surface area contributed by atoms with Crippen molar-refractivity contribution in [3.8, 4) is 5.75 Å². The topological polar surface area (TPSA) is 57.2 Å². The maximum Gasteiger partial charge on any atom is 0.494 e. The van der Waals surface area contributed by atoms with E-state index in [2.05, 4.69) is 20.8 Å². The molecule has 0 N–H and O–H groups in total. The maximum absolute atomic E-state index is 12.2. The molecule has 0 aliphatic carbocycles. The van der Waals surface area contributed by atoms with E-state index in [-0.39, 0.29) is 31.0 Å². The Labute approximate surface area is 175 Å². The largest absolute Gasteiger partial charge is 0.494 e. The average molecular weight is 403 g/mol. The summed E-state index contributed by atoms with van der Waals surface area (Å²) in [5.74, 6) is 0.807. The first-order chi connectivity index (χ1) is 13.5. The Morgan fingerprint density at radius 2 is 1.93 bits per heavy atom. The second-order valence-electron chi connectivity index (χ2n) is 9.72. The zero-order valence-electron chi connectivity index (χ0n) is 18.6. The molecule has 2 fully saturated rings. The van der Waals surface area contributed by atoms with Crippen LogP contribution in [0.5, 0.6) is 5.75 Å². The van der Waals surface area contributed by atoms with Crippen LogP contribution in [0, 0.1) is 0 Å². The Bertz CT molecular complexity index is 709. The third-order valence-electron chi connectivity index (χ3n) is 5.09. The molecule has 2 saturated heterocycles. The van der Waals surface area contributed by atoms with Gasteiger partial charge in [-0.3, -0.25) is 0 Å². The Hall–Kier alpha value is -1.73. The summed E-state index contributed by atoms with van der Waals surface area (Å²) in [5, 5.41) is 0. The average Bonchev–Trinajstić information content (AvgIpc) is 2.59. The number of rotatable bonds is 3. The predicted molar refractivity (Wildman–Crippen MR) is 114 cm³/mol. The van der Waals surface area contributed by atoms with Crippen LogP contribution in [0.3, 0.4) is 0 Å². The molecule has 0 aromatic heterocycles. The van der Waals surface area contributed by atoms with E-state index < -0.39 is 5.60 Å². The number of amides is 1. The van der Waals surface area contributed by atoms with E-state index in [1.54, 1.807) is 4.90 Å². The van der Waals surface area contributed by atoms with Crippen molar-refractivity contribution in [2.45, 2.75) is 84.2 Å². The molecular formula is C22H34BNO5. The first-order valence-electron chi connectivity index (χ1n) is 10.6. The van der Waals surface area contributed by atoms with Crippen molar-refractivity contribution in [3.05, 3.63) is 24.3 Å². The number of benzene rings is 1. The first kappa shape index (κ1) is 22.0. The van der Waals surface area contributed by atoms with Gasteiger partial charge < -0.3 is 23.7 Å². The van der Waals surface area contributed by atoms with Crippen LogP contribution in [0.2, 0.25) is 0 Å². The van der Waals surface area contributed by atoms with Crippen LogP contribution in [0.1, 0.15) is 60.8 Å². The number of carbonyl (C=O) groups is 1. The van der Waals surface area contributed by atoms with E-state index >= 15 is 0 Å². The van der Waals surface area contributed by atoms with Crippen LogP contribution in [0.4, 0.5) is 4.79 Å². The molecule has 0 spiro atoms. The Morgan fingerprint density at radius 1 is 1.24 bits per heavy atom. The summed E-state index contributed by atoms with van der Waals surface area (Å²) < 4.78 is 23.8. The molecule has 29 heavy (non-hydrogen) atoms. The van der Waals surface area contributed by atoms with Gasteiger partial charge in [0.15, 0.2) is 0 Å². The minimum absolute atomic E-state index is 0.0764. The van der Waals surface area contributed by atoms with Crippen molar-refractivity contribution < 1.29 is 23.6 Å². The molecule has 0 saturated carbocycles. The van der Waals surface area contributed by atoms with Gasteiger partial charge >= 0.3 is 13.2 Å². The number of hydrogen-bond donors (Lipinski definition) is 0. The molecule has 2 aliphatic heterocycles. The summed E-state index contributed by atoms with van der Waals surface area (Å²) >= 11 is 0. The quantitative estimate of drug-likeness (QED) is 0.720. The Kier molecular flexibility index (Phi) is 6.49. The number of nitrogens with zero attached hydrogens (tertiary/aromatic N) is 1. The van der Waals surface area contributed by atoms with E-state index in [1.165, 1.54) is 0 Å². The van der Waals surface area contributed by atoms with Gasteiger partial charge in [-0.15, -0.1) is 0 Å². The van der Waals surface area contributed by atoms with Crippen molar-refractivity contribution in [1.82, 2.24) is 4.90 Å². The molecule has 1 unspecified atom stereocenters. The van der Waals surface area contributed by atoms with Crippen LogP contribution in [0.25, 0.3) is 0 Å². The van der Waals surface area contributed by atoms with Crippen molar-refractivity contribution in [1.29, 1.82) is 0 Å². The Balaban J connectivity index is 1.56. The van der Waals surface area contributed by atoms with Crippen molar-refractivity contribution >= 4 is 18.7 Å². The van der Waals surface area contributed by atoms with Gasteiger partial charge in [-0.1, -0.05) is 12.1 Å². The van der Waals surface area contributed by atoms with Crippen LogP contribution in [-0.4, -0.2) is 54.6 Å². The lowest BCUT2D eigenvalue weighted by molar-refractivity contribution is -0.0230. The highest BCUT2D eigenvalue weighted by Gasteiger charge is 2.38. The standard InChI is InChI=1S/C22H34BNO5/c1-16-15-22(5,6)29-23(28-16)17-8-7-9-19(14-17)26-18-10-12-24(13-11-18)20(25)27-21(2,3)4/h7-9,14,16,18H,10-13,15H2,1-6H3. The molecule has 7 heteroatoms. The van der Waals surface area contributed by atoms with Gasteiger partial charge in [0.25, 0.3) is 0 Å². The highest BCUT2D eigenvalue weighted by Crippen LogP contribution is 2.26. The van der Waals surface area contributed by atoms with Crippen LogP contribution in [-0.2, 0) is 14.0 Å². The second kappa shape index (κ2) is 8.56. The molecule has 160 valence electrons. The van der Waals surface area contributed by atoms with Crippen LogP contribution >= 0.6 is 0 Å². The van der Waals surface area contributed by atoms with E-state index in [0.717, 1.165) is 30.5 Å². The number of hydrogen-bond acceptors (Lipinski definition) is 5. The molecular weight excluding hydrogens is 369 g/mol. The van der Waals surface area contributed by atoms with Crippen LogP contribution in [0.15, 0.2) is 24.3 Å². The normalized spacial score (nSPS) is 23.0. The van der Waals surface area contributed by atoms with E-state index in [4.69, 9.17) is 18.8 Å². The third kappa shape index (κ3) is 6.38.